The van der Waals surface area contributed by atoms with Crippen LogP contribution in [0.5, 0.6) is 5.75 Å². The largest absolute Gasteiger partial charge is 0.492 e. The van der Waals surface area contributed by atoms with Gasteiger partial charge in [-0.05, 0) is 37.9 Å². The highest BCUT2D eigenvalue weighted by atomic mass is 16.5. The van der Waals surface area contributed by atoms with Gasteiger partial charge < -0.3 is 25.2 Å². The molecule has 0 aromatic heterocycles. The van der Waals surface area contributed by atoms with Crippen LogP contribution in [-0.4, -0.2) is 70.1 Å². The molecule has 0 heterocycles. The van der Waals surface area contributed by atoms with E-state index in [2.05, 4.69) is 20.5 Å². The van der Waals surface area contributed by atoms with E-state index < -0.39 is 0 Å². The summed E-state index contributed by atoms with van der Waals surface area (Å²) in [7, 11) is 9.30. The molecule has 7 heteroatoms. The average Bonchev–Trinajstić information content (AvgIpc) is 2.74. The topological polar surface area (TPSA) is 69.2 Å². The molecule has 0 aliphatic carbocycles. The zero-order chi connectivity index (χ0) is 21.9. The fourth-order valence-electron chi connectivity index (χ4n) is 2.74. The number of guanidine groups is 1. The predicted molar refractivity (Wildman–Crippen MR) is 122 cm³/mol. The van der Waals surface area contributed by atoms with Crippen LogP contribution in [-0.2, 0) is 13.1 Å². The third-order valence-corrected chi connectivity index (χ3v) is 4.51. The molecule has 0 fully saturated rings. The third kappa shape index (κ3) is 7.40. The van der Waals surface area contributed by atoms with Crippen LogP contribution in [0, 0.1) is 0 Å². The average molecular weight is 412 g/mol. The number of nitrogens with zero attached hydrogens (tertiary/aromatic N) is 3. The van der Waals surface area contributed by atoms with Gasteiger partial charge in [-0.2, -0.15) is 0 Å². The number of hydrogen-bond donors (Lipinski definition) is 2. The van der Waals surface area contributed by atoms with Gasteiger partial charge in [0.05, 0.1) is 0 Å². The van der Waals surface area contributed by atoms with E-state index in [4.69, 9.17) is 4.74 Å². The van der Waals surface area contributed by atoms with Crippen LogP contribution in [0.2, 0.25) is 0 Å². The van der Waals surface area contributed by atoms with E-state index in [1.165, 1.54) is 0 Å². The molecular weight excluding hydrogens is 378 g/mol. The summed E-state index contributed by atoms with van der Waals surface area (Å²) in [6.45, 7) is 2.72. The van der Waals surface area contributed by atoms with Gasteiger partial charge in [-0.1, -0.05) is 30.3 Å². The number of amides is 1. The monoisotopic (exact) mass is 411 g/mol. The second-order valence-corrected chi connectivity index (χ2v) is 7.44. The van der Waals surface area contributed by atoms with Crippen molar-refractivity contribution in [3.05, 3.63) is 65.2 Å². The SMILES string of the molecule is CN=C(NCc1ccc(C(=O)N(C)C)cc1)NCc1ccccc1OCCN(C)C. The summed E-state index contributed by atoms with van der Waals surface area (Å²) < 4.78 is 5.92. The molecule has 2 aromatic rings. The van der Waals surface area contributed by atoms with E-state index >= 15 is 0 Å². The number of rotatable bonds is 9. The maximum atomic E-state index is 12.0. The molecule has 0 spiro atoms. The Morgan fingerprint density at radius 1 is 0.967 bits per heavy atom. The maximum Gasteiger partial charge on any atom is 0.253 e. The summed E-state index contributed by atoms with van der Waals surface area (Å²) in [5, 5.41) is 6.63. The Morgan fingerprint density at radius 3 is 2.27 bits per heavy atom. The van der Waals surface area contributed by atoms with E-state index in [1.54, 1.807) is 26.0 Å². The van der Waals surface area contributed by atoms with Gasteiger partial charge >= 0.3 is 0 Å². The molecule has 2 N–H and O–H groups in total. The molecule has 0 aliphatic rings. The zero-order valence-corrected chi connectivity index (χ0v) is 18.6. The van der Waals surface area contributed by atoms with Crippen LogP contribution in [0.3, 0.4) is 0 Å². The van der Waals surface area contributed by atoms with Crippen LogP contribution >= 0.6 is 0 Å². The summed E-state index contributed by atoms with van der Waals surface area (Å²) in [6, 6.07) is 15.6. The number of carbonyl (C=O) groups is 1. The van der Waals surface area contributed by atoms with Gasteiger partial charge in [0.2, 0.25) is 0 Å². The Morgan fingerprint density at radius 2 is 1.63 bits per heavy atom. The Bertz CT molecular complexity index is 832. The highest BCUT2D eigenvalue weighted by molar-refractivity contribution is 5.93. The second kappa shape index (κ2) is 11.8. The van der Waals surface area contributed by atoms with Crippen molar-refractivity contribution in [3.8, 4) is 5.75 Å². The van der Waals surface area contributed by atoms with E-state index in [1.807, 2.05) is 62.6 Å². The summed E-state index contributed by atoms with van der Waals surface area (Å²) in [5.74, 6) is 1.58. The lowest BCUT2D eigenvalue weighted by Crippen LogP contribution is -2.36. The van der Waals surface area contributed by atoms with Crippen LogP contribution in [0.1, 0.15) is 21.5 Å². The summed E-state index contributed by atoms with van der Waals surface area (Å²) in [5.41, 5.74) is 2.82. The van der Waals surface area contributed by atoms with Crippen molar-refractivity contribution in [2.75, 3.05) is 48.4 Å². The molecule has 0 aliphatic heterocycles. The molecule has 0 saturated heterocycles. The quantitative estimate of drug-likeness (QED) is 0.489. The van der Waals surface area contributed by atoms with E-state index in [9.17, 15) is 4.79 Å². The van der Waals surface area contributed by atoms with Crippen molar-refractivity contribution in [2.45, 2.75) is 13.1 Å². The first-order chi connectivity index (χ1) is 14.4. The van der Waals surface area contributed by atoms with Crippen molar-refractivity contribution in [1.29, 1.82) is 0 Å². The van der Waals surface area contributed by atoms with Gasteiger partial charge in [-0.3, -0.25) is 9.79 Å². The Hall–Kier alpha value is -3.06. The molecule has 0 saturated carbocycles. The number of ether oxygens (including phenoxy) is 1. The van der Waals surface area contributed by atoms with Crippen molar-refractivity contribution in [1.82, 2.24) is 20.4 Å². The highest BCUT2D eigenvalue weighted by Crippen LogP contribution is 2.17. The Kier molecular flexibility index (Phi) is 9.15. The molecule has 0 radical (unpaired) electrons. The standard InChI is InChI=1S/C23H33N5O2/c1-24-23(25-16-18-10-12-19(13-11-18)22(29)28(4)5)26-17-20-8-6-7-9-21(20)30-15-14-27(2)3/h6-13H,14-17H2,1-5H3,(H2,24,25,26). The minimum Gasteiger partial charge on any atom is -0.492 e. The fraction of sp³-hybridized carbons (Fsp3) is 0.391. The van der Waals surface area contributed by atoms with Gasteiger partial charge in [-0.25, -0.2) is 0 Å². The summed E-state index contributed by atoms with van der Waals surface area (Å²) >= 11 is 0. The molecule has 1 amide bonds. The lowest BCUT2D eigenvalue weighted by molar-refractivity contribution is 0.0827. The first-order valence-corrected chi connectivity index (χ1v) is 10.0. The van der Waals surface area contributed by atoms with Gasteiger partial charge in [0, 0.05) is 51.9 Å². The maximum absolute atomic E-state index is 12.0. The lowest BCUT2D eigenvalue weighted by Gasteiger charge is -2.16. The van der Waals surface area contributed by atoms with Crippen LogP contribution in [0.4, 0.5) is 0 Å². The van der Waals surface area contributed by atoms with Gasteiger partial charge in [0.1, 0.15) is 12.4 Å². The molecular formula is C23H33N5O2. The number of aliphatic imine (C=N–C) groups is 1. The smallest absolute Gasteiger partial charge is 0.253 e. The molecule has 0 unspecified atom stereocenters. The lowest BCUT2D eigenvalue weighted by atomic mass is 10.1. The molecule has 7 nitrogen and oxygen atoms in total. The third-order valence-electron chi connectivity index (χ3n) is 4.51. The Labute approximate surface area is 179 Å². The number of para-hydroxylation sites is 1. The first kappa shape index (κ1) is 23.2. The van der Waals surface area contributed by atoms with Crippen molar-refractivity contribution in [3.63, 3.8) is 0 Å². The minimum absolute atomic E-state index is 0.00143. The predicted octanol–water partition coefficient (Wildman–Crippen LogP) is 2.19. The molecule has 30 heavy (non-hydrogen) atoms. The van der Waals surface area contributed by atoms with E-state index in [-0.39, 0.29) is 5.91 Å². The van der Waals surface area contributed by atoms with Gasteiger partial charge in [0.25, 0.3) is 5.91 Å². The fourth-order valence-corrected chi connectivity index (χ4v) is 2.74. The molecule has 162 valence electrons. The number of carbonyl (C=O) groups excluding carboxylic acids is 1. The molecule has 0 bridgehead atoms. The van der Waals surface area contributed by atoms with Crippen molar-refractivity contribution >= 4 is 11.9 Å². The highest BCUT2D eigenvalue weighted by Gasteiger charge is 2.08. The second-order valence-electron chi connectivity index (χ2n) is 7.44. The molecule has 2 aromatic carbocycles. The summed E-state index contributed by atoms with van der Waals surface area (Å²) in [6.07, 6.45) is 0. The molecule has 0 atom stereocenters. The van der Waals surface area contributed by atoms with Crippen molar-refractivity contribution in [2.24, 2.45) is 4.99 Å². The first-order valence-electron chi connectivity index (χ1n) is 10.0. The van der Waals surface area contributed by atoms with Gasteiger partial charge in [0.15, 0.2) is 5.96 Å². The van der Waals surface area contributed by atoms with Crippen molar-refractivity contribution < 1.29 is 9.53 Å². The number of hydrogen-bond acceptors (Lipinski definition) is 4. The summed E-state index contributed by atoms with van der Waals surface area (Å²) in [4.78, 5) is 19.9. The number of nitrogens with one attached hydrogen (secondary N) is 2. The zero-order valence-electron chi connectivity index (χ0n) is 18.6. The Balaban J connectivity index is 1.88. The van der Waals surface area contributed by atoms with E-state index in [0.29, 0.717) is 31.2 Å². The minimum atomic E-state index is -0.00143. The number of likely N-dealkylation sites (N-methyl/N-ethyl adjacent to an activating group) is 1. The number of benzene rings is 2. The van der Waals surface area contributed by atoms with E-state index in [0.717, 1.165) is 23.4 Å². The van der Waals surface area contributed by atoms with Gasteiger partial charge in [-0.15, -0.1) is 0 Å². The van der Waals surface area contributed by atoms with Crippen LogP contribution < -0.4 is 15.4 Å². The van der Waals surface area contributed by atoms with Crippen LogP contribution in [0.15, 0.2) is 53.5 Å². The van der Waals surface area contributed by atoms with Crippen LogP contribution in [0.25, 0.3) is 0 Å². The normalized spacial score (nSPS) is 11.3. The molecule has 2 rings (SSSR count).